The maximum atomic E-state index is 13.1. The van der Waals surface area contributed by atoms with Crippen molar-refractivity contribution in [2.24, 2.45) is 0 Å². The quantitative estimate of drug-likeness (QED) is 0.420. The van der Waals surface area contributed by atoms with Crippen LogP contribution in [0.1, 0.15) is 42.1 Å². The van der Waals surface area contributed by atoms with Crippen molar-refractivity contribution in [3.8, 4) is 0 Å². The summed E-state index contributed by atoms with van der Waals surface area (Å²) in [5, 5.41) is 23.0. The predicted molar refractivity (Wildman–Crippen MR) is 122 cm³/mol. The highest BCUT2D eigenvalue weighted by Crippen LogP contribution is 2.33. The van der Waals surface area contributed by atoms with Crippen LogP contribution in [0, 0.1) is 0 Å². The highest BCUT2D eigenvalue weighted by Gasteiger charge is 2.33. The van der Waals surface area contributed by atoms with Crippen LogP contribution in [0.5, 0.6) is 0 Å². The van der Waals surface area contributed by atoms with Crippen molar-refractivity contribution in [1.82, 2.24) is 24.5 Å². The van der Waals surface area contributed by atoms with Gasteiger partial charge in [-0.2, -0.15) is 9.61 Å². The second-order valence-electron chi connectivity index (χ2n) is 8.47. The number of rotatable bonds is 7. The van der Waals surface area contributed by atoms with Crippen molar-refractivity contribution in [1.29, 1.82) is 0 Å². The minimum atomic E-state index is -0.525. The molecule has 5 rings (SSSR count). The molecule has 1 unspecified atom stereocenters. The Labute approximate surface area is 189 Å². The van der Waals surface area contributed by atoms with Crippen LogP contribution in [0.15, 0.2) is 35.4 Å². The number of aliphatic hydroxyl groups is 1. The average molecular weight is 454 g/mol. The summed E-state index contributed by atoms with van der Waals surface area (Å²) in [6, 6.07) is 4.98. The largest absolute Gasteiger partial charge is 0.391 e. The van der Waals surface area contributed by atoms with Gasteiger partial charge in [0.05, 0.1) is 30.5 Å². The van der Waals surface area contributed by atoms with Crippen LogP contribution in [0.2, 0.25) is 0 Å². The van der Waals surface area contributed by atoms with Gasteiger partial charge in [-0.05, 0) is 37.8 Å². The van der Waals surface area contributed by atoms with Gasteiger partial charge in [-0.25, -0.2) is 4.98 Å². The SMILES string of the molecule is CNc1cc(Nc2cccn([C@H]3CC[C@@H]3OC)c2=O)nc2c(C(=O)N[C@@H]3CCC3O)cnn12. The number of hydrogen-bond acceptors (Lipinski definition) is 8. The van der Waals surface area contributed by atoms with Crippen LogP contribution in [0.3, 0.4) is 0 Å². The molecule has 11 nitrogen and oxygen atoms in total. The third-order valence-corrected chi connectivity index (χ3v) is 6.60. The molecule has 4 atom stereocenters. The molecule has 2 saturated carbocycles. The molecule has 0 bridgehead atoms. The summed E-state index contributed by atoms with van der Waals surface area (Å²) in [5.74, 6) is 0.648. The molecule has 0 saturated heterocycles. The molecule has 3 heterocycles. The number of amides is 1. The van der Waals surface area contributed by atoms with E-state index in [1.807, 2.05) is 6.07 Å². The number of hydrogen-bond donors (Lipinski definition) is 4. The lowest BCUT2D eigenvalue weighted by atomic mass is 9.88. The Bertz CT molecular complexity index is 1250. The van der Waals surface area contributed by atoms with Crippen molar-refractivity contribution in [3.63, 3.8) is 0 Å². The van der Waals surface area contributed by atoms with E-state index in [4.69, 9.17) is 4.74 Å². The fourth-order valence-corrected chi connectivity index (χ4v) is 4.31. The van der Waals surface area contributed by atoms with Crippen LogP contribution < -0.4 is 21.5 Å². The number of carbonyl (C=O) groups excluding carboxylic acids is 1. The lowest BCUT2D eigenvalue weighted by Crippen LogP contribution is -2.50. The Morgan fingerprint density at radius 2 is 2.12 bits per heavy atom. The number of fused-ring (bicyclic) bond motifs is 1. The van der Waals surface area contributed by atoms with Gasteiger partial charge in [0, 0.05) is 26.4 Å². The number of anilines is 3. The van der Waals surface area contributed by atoms with Crippen LogP contribution >= 0.6 is 0 Å². The van der Waals surface area contributed by atoms with E-state index in [0.29, 0.717) is 29.4 Å². The number of methoxy groups -OCH3 is 1. The molecule has 2 fully saturated rings. The van der Waals surface area contributed by atoms with E-state index >= 15 is 0 Å². The summed E-state index contributed by atoms with van der Waals surface area (Å²) >= 11 is 0. The summed E-state index contributed by atoms with van der Waals surface area (Å²) in [6.45, 7) is 0. The third-order valence-electron chi connectivity index (χ3n) is 6.60. The monoisotopic (exact) mass is 453 g/mol. The fraction of sp³-hybridized carbons (Fsp3) is 0.455. The smallest absolute Gasteiger partial charge is 0.274 e. The summed E-state index contributed by atoms with van der Waals surface area (Å²) in [4.78, 5) is 30.5. The summed E-state index contributed by atoms with van der Waals surface area (Å²) < 4.78 is 8.67. The maximum absolute atomic E-state index is 13.1. The Kier molecular flexibility index (Phi) is 5.51. The van der Waals surface area contributed by atoms with Gasteiger partial charge in [0.1, 0.15) is 22.9 Å². The van der Waals surface area contributed by atoms with Crippen molar-refractivity contribution >= 4 is 28.9 Å². The van der Waals surface area contributed by atoms with Crippen molar-refractivity contribution in [2.75, 3.05) is 24.8 Å². The number of carbonyl (C=O) groups is 1. The van der Waals surface area contributed by atoms with E-state index in [1.54, 1.807) is 37.1 Å². The first kappa shape index (κ1) is 21.4. The minimum Gasteiger partial charge on any atom is -0.391 e. The zero-order valence-electron chi connectivity index (χ0n) is 18.5. The van der Waals surface area contributed by atoms with Gasteiger partial charge in [-0.15, -0.1) is 0 Å². The number of aliphatic hydroxyl groups excluding tert-OH is 1. The molecular weight excluding hydrogens is 426 g/mol. The number of pyridine rings is 1. The van der Waals surface area contributed by atoms with Gasteiger partial charge >= 0.3 is 0 Å². The lowest BCUT2D eigenvalue weighted by Gasteiger charge is -2.36. The van der Waals surface area contributed by atoms with Crippen LogP contribution in [0.4, 0.5) is 17.3 Å². The van der Waals surface area contributed by atoms with Gasteiger partial charge in [-0.3, -0.25) is 9.59 Å². The van der Waals surface area contributed by atoms with Gasteiger partial charge in [0.2, 0.25) is 0 Å². The van der Waals surface area contributed by atoms with Gasteiger partial charge in [0.15, 0.2) is 5.65 Å². The van der Waals surface area contributed by atoms with Crippen LogP contribution in [-0.4, -0.2) is 62.6 Å². The summed E-state index contributed by atoms with van der Waals surface area (Å²) in [7, 11) is 3.40. The highest BCUT2D eigenvalue weighted by atomic mass is 16.5. The van der Waals surface area contributed by atoms with E-state index in [9.17, 15) is 14.7 Å². The van der Waals surface area contributed by atoms with E-state index < -0.39 is 6.10 Å². The van der Waals surface area contributed by atoms with Gasteiger partial charge < -0.3 is 30.4 Å². The minimum absolute atomic E-state index is 0.0135. The molecule has 1 amide bonds. The van der Waals surface area contributed by atoms with Crippen LogP contribution in [-0.2, 0) is 4.74 Å². The lowest BCUT2D eigenvalue weighted by molar-refractivity contribution is -0.0103. The van der Waals surface area contributed by atoms with Crippen molar-refractivity contribution < 1.29 is 14.6 Å². The van der Waals surface area contributed by atoms with Gasteiger partial charge in [0.25, 0.3) is 11.5 Å². The Balaban J connectivity index is 1.46. The topological polar surface area (TPSA) is 135 Å². The molecule has 2 aliphatic carbocycles. The zero-order valence-corrected chi connectivity index (χ0v) is 18.5. The molecule has 0 aromatic carbocycles. The molecule has 11 heteroatoms. The summed E-state index contributed by atoms with van der Waals surface area (Å²) in [5.41, 5.74) is 0.839. The van der Waals surface area contributed by atoms with E-state index in [2.05, 4.69) is 26.0 Å². The normalized spacial score (nSPS) is 24.1. The molecule has 0 aliphatic heterocycles. The Morgan fingerprint density at radius 1 is 1.27 bits per heavy atom. The molecule has 4 N–H and O–H groups in total. The Morgan fingerprint density at radius 3 is 2.76 bits per heavy atom. The first-order chi connectivity index (χ1) is 16.0. The fourth-order valence-electron chi connectivity index (χ4n) is 4.31. The molecule has 0 spiro atoms. The number of aromatic nitrogens is 4. The first-order valence-corrected chi connectivity index (χ1v) is 11.1. The molecular formula is C22H27N7O4. The maximum Gasteiger partial charge on any atom is 0.274 e. The molecule has 2 aliphatic rings. The van der Waals surface area contributed by atoms with E-state index in [-0.39, 0.29) is 35.2 Å². The zero-order chi connectivity index (χ0) is 23.1. The second-order valence-corrected chi connectivity index (χ2v) is 8.47. The van der Waals surface area contributed by atoms with Crippen LogP contribution in [0.25, 0.3) is 5.65 Å². The molecule has 3 aromatic rings. The highest BCUT2D eigenvalue weighted by molar-refractivity contribution is 6.00. The molecule has 174 valence electrons. The van der Waals surface area contributed by atoms with E-state index in [1.165, 1.54) is 10.7 Å². The number of ether oxygens (including phenoxy) is 1. The predicted octanol–water partition coefficient (Wildman–Crippen LogP) is 1.28. The van der Waals surface area contributed by atoms with Crippen molar-refractivity contribution in [3.05, 3.63) is 46.5 Å². The van der Waals surface area contributed by atoms with E-state index in [0.717, 1.165) is 19.3 Å². The Hall–Kier alpha value is -3.44. The number of nitrogens with one attached hydrogen (secondary N) is 3. The first-order valence-electron chi connectivity index (χ1n) is 11.1. The summed E-state index contributed by atoms with van der Waals surface area (Å²) in [6.07, 6.45) is 5.96. The van der Waals surface area contributed by atoms with Gasteiger partial charge in [-0.1, -0.05) is 0 Å². The average Bonchev–Trinajstić information content (AvgIpc) is 3.22. The number of nitrogens with zero attached hydrogens (tertiary/aromatic N) is 4. The molecule has 0 radical (unpaired) electrons. The standard InChI is InChI=1S/C22H27N7O4/c1-23-19-10-18(25-14-4-3-9-28(22(14)32)15-6-8-17(15)33-2)27-20-12(11-24-29(19)20)21(31)26-13-5-7-16(13)30/h3-4,9-11,13,15-17,23,30H,5-8H2,1-2H3,(H,25,27)(H,26,31)/t13-,15+,16?,17+/m1/s1. The third kappa shape index (κ3) is 3.72. The molecule has 33 heavy (non-hydrogen) atoms. The van der Waals surface area contributed by atoms with Crippen molar-refractivity contribution in [2.45, 2.75) is 50.0 Å². The molecule has 3 aromatic heterocycles. The second kappa shape index (κ2) is 8.49.